The van der Waals surface area contributed by atoms with Crippen LogP contribution in [0.25, 0.3) is 0 Å². The van der Waals surface area contributed by atoms with Crippen LogP contribution in [0.15, 0.2) is 73.6 Å². The highest BCUT2D eigenvalue weighted by atomic mass is 14.8. The van der Waals surface area contributed by atoms with Gasteiger partial charge in [0.2, 0.25) is 0 Å². The molecule has 0 saturated carbocycles. The third-order valence-corrected chi connectivity index (χ3v) is 4.06. The molecule has 0 aliphatic carbocycles. The Labute approximate surface area is 213 Å². The van der Waals surface area contributed by atoms with E-state index in [0.717, 1.165) is 0 Å². The van der Waals surface area contributed by atoms with E-state index in [1.807, 2.05) is 72.3 Å². The lowest BCUT2D eigenvalue weighted by atomic mass is 10.0. The molecular formula is C31H55N3. The highest BCUT2D eigenvalue weighted by molar-refractivity contribution is 5.17. The summed E-state index contributed by atoms with van der Waals surface area (Å²) in [5.41, 5.74) is 3.91. The van der Waals surface area contributed by atoms with Crippen LogP contribution in [0, 0.1) is 0 Å². The Morgan fingerprint density at radius 1 is 0.471 bits per heavy atom. The van der Waals surface area contributed by atoms with Gasteiger partial charge < -0.3 is 0 Å². The SMILES string of the molecule is C.CC.CC.CC.CC(C)c1ccccc1.CC(C)c1cccnc1.CC(C)c1cncnc1. The van der Waals surface area contributed by atoms with Gasteiger partial charge in [-0.1, -0.05) is 127 Å². The normalized spacial score (nSPS) is 8.56. The van der Waals surface area contributed by atoms with Gasteiger partial charge in [-0.25, -0.2) is 9.97 Å². The van der Waals surface area contributed by atoms with Crippen LogP contribution >= 0.6 is 0 Å². The Kier molecular flexibility index (Phi) is 32.4. The van der Waals surface area contributed by atoms with E-state index in [1.165, 1.54) is 16.7 Å². The molecule has 0 unspecified atom stereocenters. The molecule has 0 fully saturated rings. The summed E-state index contributed by atoms with van der Waals surface area (Å²) in [7, 11) is 0. The zero-order chi connectivity index (χ0) is 26.1. The van der Waals surface area contributed by atoms with Crippen LogP contribution < -0.4 is 0 Å². The van der Waals surface area contributed by atoms with E-state index >= 15 is 0 Å². The first-order valence-electron chi connectivity index (χ1n) is 12.6. The van der Waals surface area contributed by atoms with Crippen molar-refractivity contribution in [2.24, 2.45) is 0 Å². The van der Waals surface area contributed by atoms with Gasteiger partial charge in [0.15, 0.2) is 0 Å². The molecule has 3 aromatic rings. The Morgan fingerprint density at radius 3 is 1.12 bits per heavy atom. The van der Waals surface area contributed by atoms with Gasteiger partial charge in [-0.2, -0.15) is 0 Å². The van der Waals surface area contributed by atoms with E-state index in [-0.39, 0.29) is 7.43 Å². The van der Waals surface area contributed by atoms with Gasteiger partial charge in [0.05, 0.1) is 0 Å². The quantitative estimate of drug-likeness (QED) is 0.383. The summed E-state index contributed by atoms with van der Waals surface area (Å²) in [4.78, 5) is 11.8. The molecular weight excluding hydrogens is 414 g/mol. The van der Waals surface area contributed by atoms with Crippen LogP contribution in [-0.2, 0) is 0 Å². The average Bonchev–Trinajstić information content (AvgIpc) is 2.90. The first kappa shape index (κ1) is 38.7. The summed E-state index contributed by atoms with van der Waals surface area (Å²) in [6.45, 7) is 25.0. The van der Waals surface area contributed by atoms with E-state index < -0.39 is 0 Å². The highest BCUT2D eigenvalue weighted by Gasteiger charge is 1.96. The lowest BCUT2D eigenvalue weighted by Crippen LogP contribution is -1.88. The lowest BCUT2D eigenvalue weighted by Gasteiger charge is -2.01. The molecule has 0 atom stereocenters. The zero-order valence-electron chi connectivity index (χ0n) is 23.5. The molecule has 194 valence electrons. The van der Waals surface area contributed by atoms with E-state index in [9.17, 15) is 0 Å². The molecule has 2 heterocycles. The largest absolute Gasteiger partial charge is 0.264 e. The third kappa shape index (κ3) is 21.3. The van der Waals surface area contributed by atoms with Gasteiger partial charge in [0, 0.05) is 24.8 Å². The number of pyridine rings is 1. The summed E-state index contributed by atoms with van der Waals surface area (Å²) in [6, 6.07) is 14.6. The standard InChI is InChI=1S/C9H12.C8H11N.C7H10N2.3C2H6.CH4/c1-8(2)9-6-4-3-5-7-9;1-7(2)8-4-3-5-9-6-8;1-6(2)7-3-8-5-9-4-7;3*1-2;/h3-8H,1-2H3;3-7H,1-2H3;3-6H,1-2H3;3*1-2H3;1H4. The van der Waals surface area contributed by atoms with Gasteiger partial charge in [0.1, 0.15) is 6.33 Å². The Hall–Kier alpha value is -2.55. The Balaban J connectivity index is -0.000000176. The topological polar surface area (TPSA) is 38.7 Å². The predicted octanol–water partition coefficient (Wildman–Crippen LogP) is 10.3. The Bertz CT molecular complexity index is 606. The second-order valence-electron chi connectivity index (χ2n) is 7.33. The second kappa shape index (κ2) is 28.5. The molecule has 3 nitrogen and oxygen atoms in total. The zero-order valence-corrected chi connectivity index (χ0v) is 23.5. The minimum atomic E-state index is 0. The fourth-order valence-corrected chi connectivity index (χ4v) is 2.16. The van der Waals surface area contributed by atoms with Crippen molar-refractivity contribution in [3.8, 4) is 0 Å². The Morgan fingerprint density at radius 2 is 0.853 bits per heavy atom. The van der Waals surface area contributed by atoms with Crippen molar-refractivity contribution in [1.29, 1.82) is 0 Å². The molecule has 0 radical (unpaired) electrons. The van der Waals surface area contributed by atoms with Crippen LogP contribution in [0.5, 0.6) is 0 Å². The van der Waals surface area contributed by atoms with E-state index in [4.69, 9.17) is 0 Å². The van der Waals surface area contributed by atoms with Gasteiger partial charge >= 0.3 is 0 Å². The smallest absolute Gasteiger partial charge is 0.115 e. The summed E-state index contributed by atoms with van der Waals surface area (Å²) in [5.74, 6) is 1.79. The van der Waals surface area contributed by atoms with Crippen LogP contribution in [0.1, 0.15) is 125 Å². The number of rotatable bonds is 3. The molecule has 0 N–H and O–H groups in total. The molecule has 0 saturated heterocycles. The van der Waals surface area contributed by atoms with Crippen molar-refractivity contribution < 1.29 is 0 Å². The van der Waals surface area contributed by atoms with Crippen molar-refractivity contribution in [1.82, 2.24) is 15.0 Å². The van der Waals surface area contributed by atoms with E-state index in [1.54, 1.807) is 12.5 Å². The molecule has 0 bridgehead atoms. The maximum Gasteiger partial charge on any atom is 0.115 e. The first-order valence-corrected chi connectivity index (χ1v) is 12.6. The maximum absolute atomic E-state index is 4.01. The van der Waals surface area contributed by atoms with E-state index in [0.29, 0.717) is 17.8 Å². The van der Waals surface area contributed by atoms with Crippen LogP contribution in [0.4, 0.5) is 0 Å². The van der Waals surface area contributed by atoms with Gasteiger partial charge in [-0.3, -0.25) is 4.98 Å². The number of aromatic nitrogens is 3. The molecule has 1 aromatic carbocycles. The lowest BCUT2D eigenvalue weighted by molar-refractivity contribution is 0.845. The minimum absolute atomic E-state index is 0. The molecule has 2 aromatic heterocycles. The van der Waals surface area contributed by atoms with E-state index in [2.05, 4.69) is 86.8 Å². The van der Waals surface area contributed by atoms with Crippen LogP contribution in [0.3, 0.4) is 0 Å². The van der Waals surface area contributed by atoms with Crippen molar-refractivity contribution in [2.75, 3.05) is 0 Å². The first-order chi connectivity index (χ1) is 15.9. The van der Waals surface area contributed by atoms with Crippen molar-refractivity contribution >= 4 is 0 Å². The fourth-order valence-electron chi connectivity index (χ4n) is 2.16. The van der Waals surface area contributed by atoms with Crippen molar-refractivity contribution in [3.05, 3.63) is 90.3 Å². The average molecular weight is 470 g/mol. The van der Waals surface area contributed by atoms with Gasteiger partial charge in [-0.15, -0.1) is 0 Å². The van der Waals surface area contributed by atoms with Crippen molar-refractivity contribution in [2.45, 2.75) is 108 Å². The minimum Gasteiger partial charge on any atom is -0.264 e. The highest BCUT2D eigenvalue weighted by Crippen LogP contribution is 2.12. The monoisotopic (exact) mass is 469 g/mol. The number of hydrogen-bond acceptors (Lipinski definition) is 3. The third-order valence-electron chi connectivity index (χ3n) is 4.06. The fraction of sp³-hybridized carbons (Fsp3) is 0.516. The molecule has 0 aliphatic rings. The molecule has 3 rings (SSSR count). The summed E-state index contributed by atoms with van der Waals surface area (Å²) in [6.07, 6.45) is 8.94. The predicted molar refractivity (Wildman–Crippen MR) is 156 cm³/mol. The number of nitrogens with zero attached hydrogens (tertiary/aromatic N) is 3. The summed E-state index contributed by atoms with van der Waals surface area (Å²) in [5, 5.41) is 0. The van der Waals surface area contributed by atoms with Gasteiger partial charge in [0.25, 0.3) is 0 Å². The maximum atomic E-state index is 4.01. The van der Waals surface area contributed by atoms with Crippen LogP contribution in [-0.4, -0.2) is 15.0 Å². The van der Waals surface area contributed by atoms with Crippen LogP contribution in [0.2, 0.25) is 0 Å². The van der Waals surface area contributed by atoms with Crippen molar-refractivity contribution in [3.63, 3.8) is 0 Å². The molecule has 34 heavy (non-hydrogen) atoms. The second-order valence-corrected chi connectivity index (χ2v) is 7.33. The summed E-state index contributed by atoms with van der Waals surface area (Å²) >= 11 is 0. The molecule has 0 aliphatic heterocycles. The molecule has 0 amide bonds. The summed E-state index contributed by atoms with van der Waals surface area (Å²) < 4.78 is 0. The van der Waals surface area contributed by atoms with Gasteiger partial charge in [-0.05, 0) is 40.5 Å². The number of hydrogen-bond donors (Lipinski definition) is 0. The molecule has 0 spiro atoms. The molecule has 3 heteroatoms. The number of benzene rings is 1.